The molecule has 0 saturated carbocycles. The van der Waals surface area contributed by atoms with Crippen molar-refractivity contribution >= 4 is 17.7 Å². The number of carbonyl (C=O) groups is 1. The molecule has 32 heavy (non-hydrogen) atoms. The van der Waals surface area contributed by atoms with Crippen LogP contribution in [0.2, 0.25) is 0 Å². The molecule has 0 spiro atoms. The number of nitrogens with one attached hydrogen (secondary N) is 1. The van der Waals surface area contributed by atoms with Crippen molar-refractivity contribution in [3.63, 3.8) is 0 Å². The van der Waals surface area contributed by atoms with E-state index in [4.69, 9.17) is 0 Å². The van der Waals surface area contributed by atoms with Crippen LogP contribution in [0.25, 0.3) is 0 Å². The zero-order valence-electron chi connectivity index (χ0n) is 18.7. The fourth-order valence-corrected chi connectivity index (χ4v) is 5.17. The first-order chi connectivity index (χ1) is 15.7. The van der Waals surface area contributed by atoms with Crippen LogP contribution in [-0.2, 0) is 11.3 Å². The third-order valence-electron chi connectivity index (χ3n) is 6.39. The summed E-state index contributed by atoms with van der Waals surface area (Å²) < 4.78 is 0. The van der Waals surface area contributed by atoms with E-state index in [1.807, 2.05) is 72.4 Å². The Morgan fingerprint density at radius 2 is 1.47 bits per heavy atom. The van der Waals surface area contributed by atoms with Crippen molar-refractivity contribution in [3.8, 4) is 0 Å². The van der Waals surface area contributed by atoms with Crippen LogP contribution in [0, 0.1) is 5.92 Å². The molecule has 4 rings (SSSR count). The smallest absolute Gasteiger partial charge is 0.232 e. The molecule has 3 aromatic carbocycles. The number of piperidine rings is 1. The van der Waals surface area contributed by atoms with Gasteiger partial charge in [0.25, 0.3) is 0 Å². The zero-order chi connectivity index (χ0) is 22.2. The van der Waals surface area contributed by atoms with E-state index in [9.17, 15) is 4.79 Å². The lowest BCUT2D eigenvalue weighted by molar-refractivity contribution is -0.122. The Balaban J connectivity index is 1.32. The first-order valence-corrected chi connectivity index (χ1v) is 12.7. The molecule has 1 fully saturated rings. The average Bonchev–Trinajstić information content (AvgIpc) is 2.85. The van der Waals surface area contributed by atoms with Gasteiger partial charge < -0.3 is 5.32 Å². The van der Waals surface area contributed by atoms with Crippen molar-refractivity contribution in [2.75, 3.05) is 25.9 Å². The fourth-order valence-electron chi connectivity index (χ4n) is 4.56. The molecule has 0 unspecified atom stereocenters. The highest BCUT2D eigenvalue weighted by atomic mass is 32.2. The van der Waals surface area contributed by atoms with Gasteiger partial charge in [0.1, 0.15) is 0 Å². The van der Waals surface area contributed by atoms with Gasteiger partial charge >= 0.3 is 0 Å². The summed E-state index contributed by atoms with van der Waals surface area (Å²) in [7, 11) is 0. The Morgan fingerprint density at radius 1 is 0.906 bits per heavy atom. The number of rotatable bonds is 8. The van der Waals surface area contributed by atoms with Crippen LogP contribution in [0.4, 0.5) is 0 Å². The van der Waals surface area contributed by atoms with Crippen molar-refractivity contribution in [3.05, 3.63) is 102 Å². The summed E-state index contributed by atoms with van der Waals surface area (Å²) in [5.41, 5.74) is 3.50. The normalized spacial score (nSPS) is 15.1. The summed E-state index contributed by atoms with van der Waals surface area (Å²) in [6.45, 7) is 3.94. The molecular weight excluding hydrogens is 412 g/mol. The Morgan fingerprint density at radius 3 is 2.06 bits per heavy atom. The lowest BCUT2D eigenvalue weighted by Crippen LogP contribution is -2.39. The number of hydrogen-bond donors (Lipinski definition) is 1. The topological polar surface area (TPSA) is 32.3 Å². The predicted octanol–water partition coefficient (Wildman–Crippen LogP) is 5.57. The molecule has 0 bridgehead atoms. The molecule has 1 aliphatic heterocycles. The number of hydrogen-bond acceptors (Lipinski definition) is 3. The SMILES string of the molecule is CSc1ccccc1CN1CCC(CNC(=O)C(c2ccccc2)c2ccccc2)CC1. The minimum Gasteiger partial charge on any atom is -0.355 e. The quantitative estimate of drug-likeness (QED) is 0.461. The second-order valence-electron chi connectivity index (χ2n) is 8.53. The third kappa shape index (κ3) is 5.81. The van der Waals surface area contributed by atoms with Crippen LogP contribution >= 0.6 is 11.8 Å². The first kappa shape index (κ1) is 22.6. The highest BCUT2D eigenvalue weighted by Gasteiger charge is 2.25. The molecule has 3 nitrogen and oxygen atoms in total. The summed E-state index contributed by atoms with van der Waals surface area (Å²) in [4.78, 5) is 17.2. The molecule has 1 N–H and O–H groups in total. The van der Waals surface area contributed by atoms with E-state index >= 15 is 0 Å². The summed E-state index contributed by atoms with van der Waals surface area (Å²) in [6.07, 6.45) is 4.40. The molecular formula is C28H32N2OS. The maximum atomic E-state index is 13.2. The summed E-state index contributed by atoms with van der Waals surface area (Å²) in [5, 5.41) is 3.27. The Hall–Kier alpha value is -2.56. The van der Waals surface area contributed by atoms with E-state index in [0.717, 1.165) is 50.1 Å². The van der Waals surface area contributed by atoms with Crippen LogP contribution < -0.4 is 5.32 Å². The van der Waals surface area contributed by atoms with Crippen molar-refractivity contribution in [1.29, 1.82) is 0 Å². The monoisotopic (exact) mass is 444 g/mol. The van der Waals surface area contributed by atoms with E-state index in [0.29, 0.717) is 5.92 Å². The van der Waals surface area contributed by atoms with E-state index in [-0.39, 0.29) is 11.8 Å². The van der Waals surface area contributed by atoms with Gasteiger partial charge in [-0.15, -0.1) is 11.8 Å². The molecule has 0 aromatic heterocycles. The van der Waals surface area contributed by atoms with Gasteiger partial charge in [-0.3, -0.25) is 9.69 Å². The second-order valence-corrected chi connectivity index (χ2v) is 9.38. The summed E-state index contributed by atoms with van der Waals surface area (Å²) >= 11 is 1.82. The second kappa shape index (κ2) is 11.3. The molecule has 0 atom stereocenters. The predicted molar refractivity (Wildman–Crippen MR) is 134 cm³/mol. The average molecular weight is 445 g/mol. The van der Waals surface area contributed by atoms with Crippen LogP contribution in [0.15, 0.2) is 89.8 Å². The van der Waals surface area contributed by atoms with Gasteiger partial charge in [-0.25, -0.2) is 0 Å². The van der Waals surface area contributed by atoms with Gasteiger partial charge in [0.2, 0.25) is 5.91 Å². The largest absolute Gasteiger partial charge is 0.355 e. The molecule has 4 heteroatoms. The lowest BCUT2D eigenvalue weighted by Gasteiger charge is -2.32. The number of likely N-dealkylation sites (tertiary alicyclic amines) is 1. The van der Waals surface area contributed by atoms with Crippen LogP contribution in [0.3, 0.4) is 0 Å². The van der Waals surface area contributed by atoms with E-state index in [2.05, 4.69) is 40.7 Å². The Labute approximate surface area is 196 Å². The van der Waals surface area contributed by atoms with Crippen LogP contribution in [-0.4, -0.2) is 36.7 Å². The minimum absolute atomic E-state index is 0.0960. The van der Waals surface area contributed by atoms with Gasteiger partial charge in [0, 0.05) is 18.0 Å². The van der Waals surface area contributed by atoms with Crippen molar-refractivity contribution in [1.82, 2.24) is 10.2 Å². The van der Waals surface area contributed by atoms with E-state index in [1.54, 1.807) is 0 Å². The van der Waals surface area contributed by atoms with E-state index in [1.165, 1.54) is 10.5 Å². The number of carbonyl (C=O) groups excluding carboxylic acids is 1. The van der Waals surface area contributed by atoms with Gasteiger partial charge in [0.05, 0.1) is 5.92 Å². The number of amides is 1. The number of benzene rings is 3. The molecule has 1 amide bonds. The van der Waals surface area contributed by atoms with Crippen molar-refractivity contribution in [2.45, 2.75) is 30.2 Å². The van der Waals surface area contributed by atoms with Crippen LogP contribution in [0.5, 0.6) is 0 Å². The standard InChI is InChI=1S/C28H32N2OS/c1-32-26-15-9-8-14-25(26)21-30-18-16-22(17-19-30)20-29-28(31)27(23-10-4-2-5-11-23)24-12-6-3-7-13-24/h2-15,22,27H,16-21H2,1H3,(H,29,31). The first-order valence-electron chi connectivity index (χ1n) is 11.5. The Kier molecular flexibility index (Phi) is 8.02. The maximum Gasteiger partial charge on any atom is 0.232 e. The summed E-state index contributed by atoms with van der Waals surface area (Å²) in [6, 6.07) is 28.9. The van der Waals surface area contributed by atoms with Crippen molar-refractivity contribution in [2.24, 2.45) is 5.92 Å². The van der Waals surface area contributed by atoms with Crippen molar-refractivity contribution < 1.29 is 4.79 Å². The third-order valence-corrected chi connectivity index (χ3v) is 7.22. The van der Waals surface area contributed by atoms with Gasteiger partial charge in [-0.1, -0.05) is 78.9 Å². The summed E-state index contributed by atoms with van der Waals surface area (Å²) in [5.74, 6) is 0.373. The van der Waals surface area contributed by atoms with Crippen LogP contribution in [0.1, 0.15) is 35.4 Å². The Bertz CT molecular complexity index is 945. The number of thioether (sulfide) groups is 1. The minimum atomic E-state index is -0.263. The molecule has 1 aliphatic rings. The van der Waals surface area contributed by atoms with Gasteiger partial charge in [-0.2, -0.15) is 0 Å². The molecule has 1 heterocycles. The molecule has 0 aliphatic carbocycles. The lowest BCUT2D eigenvalue weighted by atomic mass is 9.90. The van der Waals surface area contributed by atoms with Gasteiger partial charge in [-0.05, 0) is 60.9 Å². The van der Waals surface area contributed by atoms with Gasteiger partial charge in [0.15, 0.2) is 0 Å². The highest BCUT2D eigenvalue weighted by molar-refractivity contribution is 7.98. The molecule has 0 radical (unpaired) electrons. The highest BCUT2D eigenvalue weighted by Crippen LogP contribution is 2.26. The molecule has 166 valence electrons. The molecule has 3 aromatic rings. The van der Waals surface area contributed by atoms with E-state index < -0.39 is 0 Å². The fraction of sp³-hybridized carbons (Fsp3) is 0.321. The number of nitrogens with zero attached hydrogens (tertiary/aromatic N) is 1. The zero-order valence-corrected chi connectivity index (χ0v) is 19.6. The maximum absolute atomic E-state index is 13.2. The molecule has 1 saturated heterocycles.